The van der Waals surface area contributed by atoms with Crippen molar-refractivity contribution in [1.82, 2.24) is 36.8 Å². The predicted octanol–water partition coefficient (Wildman–Crippen LogP) is 5.19. The lowest BCUT2D eigenvalue weighted by Gasteiger charge is -2.34. The van der Waals surface area contributed by atoms with Gasteiger partial charge in [0, 0.05) is 26.2 Å². The largest absolute Gasteiger partial charge is 0.467 e. The van der Waals surface area contributed by atoms with Crippen molar-refractivity contribution in [3.63, 3.8) is 0 Å². The van der Waals surface area contributed by atoms with Crippen LogP contribution in [0, 0.1) is 0 Å². The first kappa shape index (κ1) is 55.0. The molecule has 1 aliphatic rings. The number of amides is 7. The molecule has 1 aromatic rings. The van der Waals surface area contributed by atoms with Gasteiger partial charge in [-0.25, -0.2) is 19.2 Å². The van der Waals surface area contributed by atoms with Gasteiger partial charge in [-0.15, -0.1) is 0 Å². The highest BCUT2D eigenvalue weighted by molar-refractivity contribution is 5.95. The van der Waals surface area contributed by atoms with Crippen molar-refractivity contribution in [2.24, 2.45) is 0 Å². The fourth-order valence-electron chi connectivity index (χ4n) is 6.94. The summed E-state index contributed by atoms with van der Waals surface area (Å²) in [6.07, 6.45) is 1.68. The van der Waals surface area contributed by atoms with Crippen molar-refractivity contribution < 1.29 is 52.5 Å². The van der Waals surface area contributed by atoms with E-state index < -0.39 is 89.0 Å². The molecule has 7 amide bonds. The van der Waals surface area contributed by atoms with Crippen molar-refractivity contribution in [2.75, 3.05) is 33.3 Å². The van der Waals surface area contributed by atoms with Crippen LogP contribution in [0.1, 0.15) is 139 Å². The van der Waals surface area contributed by atoms with Crippen LogP contribution in [-0.2, 0) is 38.1 Å². The molecule has 362 valence electrons. The van der Waals surface area contributed by atoms with Crippen molar-refractivity contribution in [2.45, 2.75) is 181 Å². The standard InChI is InChI=1S/C46H77N7O11/c1-30(37(54)50-35(40(57)61-12)23-17-19-27-48-43(60)64-46(9,10)11)49-39(56)36(31(2)62-44(3,4)5)52-38(55)34(22-16-18-26-47-42(59)63-45(6,7)8)51-41(58)53-28-24-33(25-29-53)32-20-14-13-15-21-32/h13-15,20-21,30-31,33-36H,16-19,22-29H2,1-12H3,(H,47,59)(H,48,60)(H,49,56)(H,50,54)(H,51,58)(H,52,55)/t30-,31+,34-,35-,36-/m0/s1. The number of benzene rings is 1. The van der Waals surface area contributed by atoms with E-state index in [1.165, 1.54) is 19.6 Å². The fraction of sp³-hybridized carbons (Fsp3) is 0.717. The minimum absolute atomic E-state index is 0.182. The number of rotatable bonds is 21. The third-order valence-corrected chi connectivity index (χ3v) is 9.99. The lowest BCUT2D eigenvalue weighted by atomic mass is 9.89. The molecular formula is C46H77N7O11. The molecule has 1 fully saturated rings. The summed E-state index contributed by atoms with van der Waals surface area (Å²) in [5, 5.41) is 16.3. The smallest absolute Gasteiger partial charge is 0.407 e. The number of piperidine rings is 1. The summed E-state index contributed by atoms with van der Waals surface area (Å²) >= 11 is 0. The quantitative estimate of drug-likeness (QED) is 0.0535. The number of alkyl carbamates (subject to hydrolysis) is 2. The van der Waals surface area contributed by atoms with E-state index >= 15 is 0 Å². The average molecular weight is 904 g/mol. The summed E-state index contributed by atoms with van der Waals surface area (Å²) in [4.78, 5) is 93.8. The molecular weight excluding hydrogens is 827 g/mol. The van der Waals surface area contributed by atoms with Crippen LogP contribution >= 0.6 is 0 Å². The molecule has 18 nitrogen and oxygen atoms in total. The van der Waals surface area contributed by atoms with E-state index in [9.17, 15) is 33.6 Å². The van der Waals surface area contributed by atoms with E-state index in [0.717, 1.165) is 12.8 Å². The monoisotopic (exact) mass is 904 g/mol. The lowest BCUT2D eigenvalue weighted by Crippen LogP contribution is -2.61. The van der Waals surface area contributed by atoms with Gasteiger partial charge < -0.3 is 55.7 Å². The second-order valence-electron chi connectivity index (χ2n) is 19.3. The van der Waals surface area contributed by atoms with E-state index in [1.807, 2.05) is 18.2 Å². The number of unbranched alkanes of at least 4 members (excludes halogenated alkanes) is 2. The first-order valence-electron chi connectivity index (χ1n) is 22.5. The molecule has 18 heteroatoms. The second-order valence-corrected chi connectivity index (χ2v) is 19.3. The third kappa shape index (κ3) is 22.0. The number of likely N-dealkylation sites (tertiary alicyclic amines) is 1. The van der Waals surface area contributed by atoms with Crippen LogP contribution in [0.25, 0.3) is 0 Å². The van der Waals surface area contributed by atoms with Crippen LogP contribution in [0.3, 0.4) is 0 Å². The molecule has 0 aliphatic carbocycles. The van der Waals surface area contributed by atoms with Gasteiger partial charge in [-0.1, -0.05) is 30.3 Å². The molecule has 0 unspecified atom stereocenters. The zero-order valence-electron chi connectivity index (χ0n) is 40.3. The molecule has 64 heavy (non-hydrogen) atoms. The minimum Gasteiger partial charge on any atom is -0.467 e. The van der Waals surface area contributed by atoms with Gasteiger partial charge in [0.25, 0.3) is 0 Å². The molecule has 1 aromatic carbocycles. The summed E-state index contributed by atoms with van der Waals surface area (Å²) in [7, 11) is 1.20. The van der Waals surface area contributed by atoms with E-state index in [4.69, 9.17) is 18.9 Å². The van der Waals surface area contributed by atoms with Gasteiger partial charge in [-0.3, -0.25) is 14.4 Å². The van der Waals surface area contributed by atoms with Crippen LogP contribution in [0.5, 0.6) is 0 Å². The third-order valence-electron chi connectivity index (χ3n) is 9.99. The van der Waals surface area contributed by atoms with Gasteiger partial charge in [-0.2, -0.15) is 0 Å². The summed E-state index contributed by atoms with van der Waals surface area (Å²) in [6, 6.07) is 5.13. The number of carbonyl (C=O) groups is 7. The molecule has 0 saturated carbocycles. The molecule has 1 aliphatic heterocycles. The average Bonchev–Trinajstić information content (AvgIpc) is 3.19. The maximum Gasteiger partial charge on any atom is 0.407 e. The summed E-state index contributed by atoms with van der Waals surface area (Å²) in [5.74, 6) is -2.42. The molecule has 0 radical (unpaired) electrons. The van der Waals surface area contributed by atoms with Crippen LogP contribution in [-0.4, -0.2) is 127 Å². The molecule has 0 bridgehead atoms. The number of methoxy groups -OCH3 is 1. The minimum atomic E-state index is -1.31. The maximum absolute atomic E-state index is 14.2. The Bertz CT molecular complexity index is 1670. The van der Waals surface area contributed by atoms with Crippen molar-refractivity contribution >= 4 is 41.9 Å². The topological polar surface area (TPSA) is 232 Å². The number of urea groups is 1. The molecule has 0 aromatic heterocycles. The van der Waals surface area contributed by atoms with Crippen LogP contribution in [0.2, 0.25) is 0 Å². The number of carbonyl (C=O) groups excluding carboxylic acids is 7. The number of hydrogen-bond acceptors (Lipinski definition) is 11. The van der Waals surface area contributed by atoms with E-state index in [0.29, 0.717) is 44.7 Å². The molecule has 2 rings (SSSR count). The fourth-order valence-corrected chi connectivity index (χ4v) is 6.94. The summed E-state index contributed by atoms with van der Waals surface area (Å²) in [6.45, 7) is 20.6. The zero-order chi connectivity index (χ0) is 48.3. The maximum atomic E-state index is 14.2. The Kier molecular flexibility index (Phi) is 22.3. The normalized spacial score (nSPS) is 15.8. The Labute approximate surface area is 380 Å². The number of hydrogen-bond donors (Lipinski definition) is 6. The Balaban J connectivity index is 2.18. The number of nitrogens with one attached hydrogen (secondary N) is 6. The Morgan fingerprint density at radius 3 is 1.64 bits per heavy atom. The first-order valence-corrected chi connectivity index (χ1v) is 22.5. The SMILES string of the molecule is COC(=O)[C@H](CCCCNC(=O)OC(C)(C)C)NC(=O)[C@H](C)NC(=O)[C@@H](NC(=O)[C@H](CCCCNC(=O)OC(C)(C)C)NC(=O)N1CCC(c2ccccc2)CC1)[C@@H](C)OC(C)(C)C. The Morgan fingerprint density at radius 2 is 1.16 bits per heavy atom. The number of nitrogens with zero attached hydrogens (tertiary/aromatic N) is 1. The zero-order valence-corrected chi connectivity index (χ0v) is 40.3. The van der Waals surface area contributed by atoms with E-state index in [-0.39, 0.29) is 25.9 Å². The first-order chi connectivity index (χ1) is 29.8. The van der Waals surface area contributed by atoms with E-state index in [1.54, 1.807) is 74.1 Å². The Morgan fingerprint density at radius 1 is 0.641 bits per heavy atom. The molecule has 6 N–H and O–H groups in total. The highest BCUT2D eigenvalue weighted by atomic mass is 16.6. The van der Waals surface area contributed by atoms with Gasteiger partial charge in [0.05, 0.1) is 18.8 Å². The predicted molar refractivity (Wildman–Crippen MR) is 242 cm³/mol. The van der Waals surface area contributed by atoms with Crippen LogP contribution < -0.4 is 31.9 Å². The van der Waals surface area contributed by atoms with E-state index in [2.05, 4.69) is 44.0 Å². The van der Waals surface area contributed by atoms with Gasteiger partial charge in [0.15, 0.2) is 0 Å². The highest BCUT2D eigenvalue weighted by Gasteiger charge is 2.36. The highest BCUT2D eigenvalue weighted by Crippen LogP contribution is 2.28. The molecule has 0 spiro atoms. The number of esters is 1. The van der Waals surface area contributed by atoms with Crippen LogP contribution in [0.15, 0.2) is 30.3 Å². The second kappa shape index (κ2) is 26.0. The number of ether oxygens (including phenoxy) is 4. The summed E-state index contributed by atoms with van der Waals surface area (Å²) < 4.78 is 21.6. The summed E-state index contributed by atoms with van der Waals surface area (Å²) in [5.41, 5.74) is -0.831. The van der Waals surface area contributed by atoms with Crippen molar-refractivity contribution in [3.05, 3.63) is 35.9 Å². The van der Waals surface area contributed by atoms with Gasteiger partial charge in [0.2, 0.25) is 17.7 Å². The van der Waals surface area contributed by atoms with Crippen molar-refractivity contribution in [1.29, 1.82) is 0 Å². The van der Waals surface area contributed by atoms with Crippen molar-refractivity contribution in [3.8, 4) is 0 Å². The van der Waals surface area contributed by atoms with Gasteiger partial charge in [-0.05, 0) is 139 Å². The van der Waals surface area contributed by atoms with Gasteiger partial charge in [0.1, 0.15) is 35.4 Å². The molecule has 5 atom stereocenters. The Hall–Kier alpha value is -5.13. The molecule has 1 saturated heterocycles. The van der Waals surface area contributed by atoms with Crippen LogP contribution in [0.4, 0.5) is 14.4 Å². The molecule has 1 heterocycles. The lowest BCUT2D eigenvalue weighted by molar-refractivity contribution is -0.145. The van der Waals surface area contributed by atoms with Gasteiger partial charge >= 0.3 is 24.2 Å².